The molecule has 0 amide bonds. The number of aromatic nitrogens is 1. The maximum absolute atomic E-state index is 5.60. The van der Waals surface area contributed by atoms with E-state index in [0.717, 1.165) is 53.8 Å². The van der Waals surface area contributed by atoms with Gasteiger partial charge in [0.05, 0.1) is 12.3 Å². The number of hydrogen-bond acceptors (Lipinski definition) is 3. The average Bonchev–Trinajstić information content (AvgIpc) is 3.08. The maximum atomic E-state index is 5.60. The molecule has 1 aromatic carbocycles. The number of nitrogens with zero attached hydrogens (tertiary/aromatic N) is 2. The van der Waals surface area contributed by atoms with Gasteiger partial charge in [0, 0.05) is 40.9 Å². The van der Waals surface area contributed by atoms with E-state index in [9.17, 15) is 0 Å². The van der Waals surface area contributed by atoms with Crippen LogP contribution in [0.4, 0.5) is 0 Å². The molecule has 122 valence electrons. The smallest absolute Gasteiger partial charge is 0.0686 e. The lowest BCUT2D eigenvalue weighted by atomic mass is 10.1. The molecule has 2 aromatic rings. The lowest BCUT2D eigenvalue weighted by Crippen LogP contribution is -2.37. The Kier molecular flexibility index (Phi) is 6.22. The van der Waals surface area contributed by atoms with Gasteiger partial charge in [-0.2, -0.15) is 0 Å². The van der Waals surface area contributed by atoms with Crippen LogP contribution in [-0.4, -0.2) is 35.7 Å². The summed E-state index contributed by atoms with van der Waals surface area (Å²) in [6, 6.07) is 13.2. The Bertz CT molecular complexity index is 630. The van der Waals surface area contributed by atoms with Crippen molar-refractivity contribution in [1.29, 1.82) is 0 Å². The molecule has 0 saturated carbocycles. The van der Waals surface area contributed by atoms with Crippen LogP contribution >= 0.6 is 31.9 Å². The highest BCUT2D eigenvalue weighted by atomic mass is 79.9. The zero-order valence-electron chi connectivity index (χ0n) is 12.9. The first-order valence-corrected chi connectivity index (χ1v) is 9.46. The van der Waals surface area contributed by atoms with Crippen molar-refractivity contribution < 1.29 is 4.74 Å². The molecule has 23 heavy (non-hydrogen) atoms. The summed E-state index contributed by atoms with van der Waals surface area (Å²) in [6.45, 7) is 3.54. The Morgan fingerprint density at radius 1 is 1.22 bits per heavy atom. The van der Waals surface area contributed by atoms with Crippen molar-refractivity contribution in [3.63, 3.8) is 0 Å². The van der Waals surface area contributed by atoms with Crippen LogP contribution in [-0.2, 0) is 17.7 Å². The molecule has 0 N–H and O–H groups in total. The molecule has 0 spiro atoms. The molecule has 1 saturated heterocycles. The fourth-order valence-corrected chi connectivity index (χ4v) is 3.98. The fourth-order valence-electron chi connectivity index (χ4n) is 2.87. The van der Waals surface area contributed by atoms with Gasteiger partial charge in [-0.05, 0) is 56.3 Å². The Morgan fingerprint density at radius 2 is 2.04 bits per heavy atom. The molecule has 2 heterocycles. The van der Waals surface area contributed by atoms with Crippen LogP contribution in [0.2, 0.25) is 0 Å². The summed E-state index contributed by atoms with van der Waals surface area (Å²) in [5, 5.41) is 0. The fraction of sp³-hybridized carbons (Fsp3) is 0.389. The van der Waals surface area contributed by atoms with Crippen molar-refractivity contribution >= 4 is 31.9 Å². The van der Waals surface area contributed by atoms with Crippen molar-refractivity contribution in [1.82, 2.24) is 9.88 Å². The molecular weight excluding hydrogens is 420 g/mol. The van der Waals surface area contributed by atoms with E-state index in [4.69, 9.17) is 4.74 Å². The van der Waals surface area contributed by atoms with Gasteiger partial charge in [-0.1, -0.05) is 30.3 Å². The predicted molar refractivity (Wildman–Crippen MR) is 99.4 cm³/mol. The Labute approximate surface area is 154 Å². The molecule has 0 unspecified atom stereocenters. The van der Waals surface area contributed by atoms with Gasteiger partial charge in [-0.3, -0.25) is 9.88 Å². The van der Waals surface area contributed by atoms with Gasteiger partial charge in [0.2, 0.25) is 0 Å². The monoisotopic (exact) mass is 438 g/mol. The third-order valence-electron chi connectivity index (χ3n) is 4.19. The van der Waals surface area contributed by atoms with E-state index in [1.54, 1.807) is 0 Å². The molecule has 0 bridgehead atoms. The summed E-state index contributed by atoms with van der Waals surface area (Å²) in [4.78, 5) is 7.07. The number of halogens is 2. The van der Waals surface area contributed by atoms with Crippen molar-refractivity contribution in [2.45, 2.75) is 25.4 Å². The van der Waals surface area contributed by atoms with Crippen LogP contribution in [0.3, 0.4) is 0 Å². The first kappa shape index (κ1) is 17.1. The van der Waals surface area contributed by atoms with Crippen molar-refractivity contribution in [3.05, 3.63) is 62.8 Å². The van der Waals surface area contributed by atoms with Gasteiger partial charge < -0.3 is 4.74 Å². The molecule has 0 radical (unpaired) electrons. The summed E-state index contributed by atoms with van der Waals surface area (Å²) < 4.78 is 7.64. The number of pyridine rings is 1. The zero-order chi connectivity index (χ0) is 16.1. The molecule has 1 aliphatic rings. The van der Waals surface area contributed by atoms with Crippen molar-refractivity contribution in [2.24, 2.45) is 0 Å². The van der Waals surface area contributed by atoms with Gasteiger partial charge in [0.25, 0.3) is 0 Å². The van der Waals surface area contributed by atoms with E-state index < -0.39 is 0 Å². The molecule has 3 rings (SSSR count). The number of hydrogen-bond donors (Lipinski definition) is 0. The summed E-state index contributed by atoms with van der Waals surface area (Å²) in [6.07, 6.45) is 4.01. The minimum absolute atomic E-state index is 0.482. The van der Waals surface area contributed by atoms with Gasteiger partial charge >= 0.3 is 0 Å². The van der Waals surface area contributed by atoms with Crippen LogP contribution in [0.1, 0.15) is 17.7 Å². The molecule has 1 fully saturated rings. The van der Waals surface area contributed by atoms with Gasteiger partial charge in [-0.15, -0.1) is 0 Å². The second-order valence-electron chi connectivity index (χ2n) is 5.81. The second-order valence-corrected chi connectivity index (χ2v) is 7.58. The Balaban J connectivity index is 1.70. The topological polar surface area (TPSA) is 25.4 Å². The highest BCUT2D eigenvalue weighted by molar-refractivity contribution is 9.11. The summed E-state index contributed by atoms with van der Waals surface area (Å²) >= 11 is 7.09. The van der Waals surface area contributed by atoms with Crippen LogP contribution in [0.15, 0.2) is 51.5 Å². The second kappa shape index (κ2) is 8.38. The number of benzene rings is 1. The van der Waals surface area contributed by atoms with E-state index in [2.05, 4.69) is 78.1 Å². The highest BCUT2D eigenvalue weighted by Crippen LogP contribution is 2.23. The van der Waals surface area contributed by atoms with E-state index in [1.165, 1.54) is 5.56 Å². The SMILES string of the molecule is Brc1cnc(CN(CCc2ccccc2)[C@@H]2CCOC2)c(Br)c1. The predicted octanol–water partition coefficient (Wildman–Crippen LogP) is 4.44. The van der Waals surface area contributed by atoms with Gasteiger partial charge in [-0.25, -0.2) is 0 Å². The maximum Gasteiger partial charge on any atom is 0.0686 e. The number of rotatable bonds is 6. The lowest BCUT2D eigenvalue weighted by molar-refractivity contribution is 0.138. The minimum atomic E-state index is 0.482. The first-order chi connectivity index (χ1) is 11.2. The van der Waals surface area contributed by atoms with Gasteiger partial charge in [0.15, 0.2) is 0 Å². The minimum Gasteiger partial charge on any atom is -0.380 e. The van der Waals surface area contributed by atoms with Crippen molar-refractivity contribution in [3.8, 4) is 0 Å². The largest absolute Gasteiger partial charge is 0.380 e. The van der Waals surface area contributed by atoms with Crippen LogP contribution in [0.5, 0.6) is 0 Å². The van der Waals surface area contributed by atoms with E-state index >= 15 is 0 Å². The van der Waals surface area contributed by atoms with E-state index in [1.807, 2.05) is 6.20 Å². The molecule has 0 aliphatic carbocycles. The van der Waals surface area contributed by atoms with Crippen LogP contribution in [0, 0.1) is 0 Å². The summed E-state index contributed by atoms with van der Waals surface area (Å²) in [7, 11) is 0. The molecule has 5 heteroatoms. The van der Waals surface area contributed by atoms with Crippen molar-refractivity contribution in [2.75, 3.05) is 19.8 Å². The first-order valence-electron chi connectivity index (χ1n) is 7.88. The Morgan fingerprint density at radius 3 is 2.74 bits per heavy atom. The highest BCUT2D eigenvalue weighted by Gasteiger charge is 2.24. The molecule has 3 nitrogen and oxygen atoms in total. The molecular formula is C18H20Br2N2O. The van der Waals surface area contributed by atoms with E-state index in [0.29, 0.717) is 6.04 Å². The molecule has 1 atom stereocenters. The molecule has 1 aromatic heterocycles. The summed E-state index contributed by atoms with van der Waals surface area (Å²) in [5.74, 6) is 0. The zero-order valence-corrected chi connectivity index (χ0v) is 16.1. The third-order valence-corrected chi connectivity index (χ3v) is 5.31. The number of ether oxygens (including phenoxy) is 1. The normalized spacial score (nSPS) is 17.8. The third kappa shape index (κ3) is 4.86. The summed E-state index contributed by atoms with van der Waals surface area (Å²) in [5.41, 5.74) is 2.45. The molecule has 1 aliphatic heterocycles. The quantitative estimate of drug-likeness (QED) is 0.665. The van der Waals surface area contributed by atoms with Crippen LogP contribution < -0.4 is 0 Å². The van der Waals surface area contributed by atoms with Gasteiger partial charge in [0.1, 0.15) is 0 Å². The standard InChI is InChI=1S/C18H20Br2N2O/c19-15-10-17(20)18(21-11-15)12-22(16-7-9-23-13-16)8-6-14-4-2-1-3-5-14/h1-5,10-11,16H,6-9,12-13H2/t16-/m1/s1. The average molecular weight is 440 g/mol. The van der Waals surface area contributed by atoms with E-state index in [-0.39, 0.29) is 0 Å². The lowest BCUT2D eigenvalue weighted by Gasteiger charge is -2.28. The van der Waals surface area contributed by atoms with Crippen LogP contribution in [0.25, 0.3) is 0 Å². The Hall–Kier alpha value is -0.750.